The van der Waals surface area contributed by atoms with E-state index in [1.807, 2.05) is 24.7 Å². The molecule has 0 bridgehead atoms. The van der Waals surface area contributed by atoms with Crippen LogP contribution in [0.2, 0.25) is 0 Å². The van der Waals surface area contributed by atoms with Crippen LogP contribution in [-0.4, -0.2) is 38.7 Å². The van der Waals surface area contributed by atoms with E-state index >= 15 is 0 Å². The zero-order valence-electron chi connectivity index (χ0n) is 11.7. The highest BCUT2D eigenvalue weighted by molar-refractivity contribution is 5.89. The summed E-state index contributed by atoms with van der Waals surface area (Å²) < 4.78 is 7.18. The smallest absolute Gasteiger partial charge is 0.309 e. The average molecular weight is 274 g/mol. The second-order valence-corrected chi connectivity index (χ2v) is 5.32. The Morgan fingerprint density at radius 2 is 2.10 bits per heavy atom. The molecule has 0 N–H and O–H groups in total. The van der Waals surface area contributed by atoms with Gasteiger partial charge in [0.15, 0.2) is 0 Å². The maximum absolute atomic E-state index is 12.2. The van der Waals surface area contributed by atoms with Gasteiger partial charge in [-0.1, -0.05) is 0 Å². The summed E-state index contributed by atoms with van der Waals surface area (Å²) in [5, 5.41) is 4.35. The van der Waals surface area contributed by atoms with Crippen molar-refractivity contribution in [2.24, 2.45) is 0 Å². The van der Waals surface area contributed by atoms with Gasteiger partial charge in [-0.2, -0.15) is 5.10 Å². The standard InChI is InChI=1S/C14H18N4O2/c1-10-7-15-18(8-10)12-3-5-17(6-4-12)14(19)13-16-11(2)9-20-13/h7-9,12H,3-6H2,1-2H3. The number of hydrogen-bond acceptors (Lipinski definition) is 4. The maximum Gasteiger partial charge on any atom is 0.309 e. The lowest BCUT2D eigenvalue weighted by atomic mass is 10.1. The Labute approximate surface area is 117 Å². The molecule has 2 aromatic heterocycles. The van der Waals surface area contributed by atoms with Crippen molar-refractivity contribution in [3.05, 3.63) is 35.8 Å². The number of piperidine rings is 1. The van der Waals surface area contributed by atoms with E-state index in [1.54, 1.807) is 4.90 Å². The number of oxazole rings is 1. The van der Waals surface area contributed by atoms with Gasteiger partial charge in [-0.3, -0.25) is 9.48 Å². The van der Waals surface area contributed by atoms with Gasteiger partial charge in [-0.25, -0.2) is 4.98 Å². The number of rotatable bonds is 2. The van der Waals surface area contributed by atoms with Crippen molar-refractivity contribution in [1.82, 2.24) is 19.7 Å². The highest BCUT2D eigenvalue weighted by Crippen LogP contribution is 2.23. The van der Waals surface area contributed by atoms with E-state index in [0.717, 1.165) is 18.5 Å². The van der Waals surface area contributed by atoms with Crippen molar-refractivity contribution >= 4 is 5.91 Å². The molecule has 0 saturated carbocycles. The van der Waals surface area contributed by atoms with Crippen molar-refractivity contribution in [3.8, 4) is 0 Å². The third-order valence-electron chi connectivity index (χ3n) is 3.66. The quantitative estimate of drug-likeness (QED) is 0.839. The highest BCUT2D eigenvalue weighted by atomic mass is 16.4. The molecule has 20 heavy (non-hydrogen) atoms. The monoisotopic (exact) mass is 274 g/mol. The molecule has 1 fully saturated rings. The highest BCUT2D eigenvalue weighted by Gasteiger charge is 2.27. The summed E-state index contributed by atoms with van der Waals surface area (Å²) in [6.45, 7) is 5.27. The summed E-state index contributed by atoms with van der Waals surface area (Å²) in [5.74, 6) is 0.0732. The predicted octanol–water partition coefficient (Wildman–Crippen LogP) is 1.97. The predicted molar refractivity (Wildman–Crippen MR) is 72.4 cm³/mol. The van der Waals surface area contributed by atoms with Crippen LogP contribution >= 0.6 is 0 Å². The van der Waals surface area contributed by atoms with E-state index in [9.17, 15) is 4.79 Å². The molecule has 0 atom stereocenters. The number of likely N-dealkylation sites (tertiary alicyclic amines) is 1. The van der Waals surface area contributed by atoms with E-state index in [2.05, 4.69) is 16.3 Å². The molecule has 0 spiro atoms. The summed E-state index contributed by atoms with van der Waals surface area (Å²) in [7, 11) is 0. The lowest BCUT2D eigenvalue weighted by molar-refractivity contribution is 0.0650. The molecule has 1 amide bonds. The van der Waals surface area contributed by atoms with E-state index in [4.69, 9.17) is 4.42 Å². The maximum atomic E-state index is 12.2. The average Bonchev–Trinajstić information content (AvgIpc) is 3.07. The van der Waals surface area contributed by atoms with Gasteiger partial charge in [-0.05, 0) is 32.3 Å². The Bertz CT molecular complexity index is 608. The first-order valence-corrected chi connectivity index (χ1v) is 6.85. The zero-order chi connectivity index (χ0) is 14.1. The van der Waals surface area contributed by atoms with Crippen molar-refractivity contribution in [3.63, 3.8) is 0 Å². The summed E-state index contributed by atoms with van der Waals surface area (Å²) in [4.78, 5) is 18.1. The number of amides is 1. The number of carbonyl (C=O) groups is 1. The van der Waals surface area contributed by atoms with Gasteiger partial charge < -0.3 is 9.32 Å². The lowest BCUT2D eigenvalue weighted by Crippen LogP contribution is -2.39. The first-order valence-electron chi connectivity index (χ1n) is 6.85. The fraction of sp³-hybridized carbons (Fsp3) is 0.500. The van der Waals surface area contributed by atoms with Crippen molar-refractivity contribution in [2.75, 3.05) is 13.1 Å². The number of aromatic nitrogens is 3. The van der Waals surface area contributed by atoms with Gasteiger partial charge in [0.1, 0.15) is 6.26 Å². The van der Waals surface area contributed by atoms with E-state index in [1.165, 1.54) is 11.8 Å². The van der Waals surface area contributed by atoms with Gasteiger partial charge >= 0.3 is 5.91 Å². The summed E-state index contributed by atoms with van der Waals surface area (Å²) in [6.07, 6.45) is 7.25. The van der Waals surface area contributed by atoms with Crippen LogP contribution in [0.3, 0.4) is 0 Å². The fourth-order valence-corrected chi connectivity index (χ4v) is 2.55. The van der Waals surface area contributed by atoms with Crippen LogP contribution in [0.15, 0.2) is 23.1 Å². The van der Waals surface area contributed by atoms with Gasteiger partial charge in [0.25, 0.3) is 5.89 Å². The molecule has 6 heteroatoms. The topological polar surface area (TPSA) is 64.2 Å². The second kappa shape index (κ2) is 5.11. The Balaban J connectivity index is 1.62. The normalized spacial score (nSPS) is 16.6. The van der Waals surface area contributed by atoms with E-state index < -0.39 is 0 Å². The second-order valence-electron chi connectivity index (χ2n) is 5.32. The van der Waals surface area contributed by atoms with Crippen molar-refractivity contribution < 1.29 is 9.21 Å². The molecule has 0 aromatic carbocycles. The summed E-state index contributed by atoms with van der Waals surface area (Å²) in [6, 6.07) is 0.374. The summed E-state index contributed by atoms with van der Waals surface area (Å²) in [5.41, 5.74) is 1.90. The summed E-state index contributed by atoms with van der Waals surface area (Å²) >= 11 is 0. The molecule has 2 aromatic rings. The van der Waals surface area contributed by atoms with Crippen LogP contribution in [-0.2, 0) is 0 Å². The minimum atomic E-state index is -0.117. The molecule has 3 rings (SSSR count). The van der Waals surface area contributed by atoms with Crippen molar-refractivity contribution in [2.45, 2.75) is 32.7 Å². The molecule has 106 valence electrons. The first-order chi connectivity index (χ1) is 9.63. The van der Waals surface area contributed by atoms with Gasteiger partial charge in [0.2, 0.25) is 0 Å². The number of carbonyl (C=O) groups excluding carboxylic acids is 1. The van der Waals surface area contributed by atoms with Crippen LogP contribution in [0.1, 0.15) is 40.8 Å². The minimum absolute atomic E-state index is 0.117. The van der Waals surface area contributed by atoms with Crippen LogP contribution in [0, 0.1) is 13.8 Å². The Kier molecular flexibility index (Phi) is 3.30. The van der Waals surface area contributed by atoms with Crippen LogP contribution in [0.25, 0.3) is 0 Å². The third-order valence-corrected chi connectivity index (χ3v) is 3.66. The van der Waals surface area contributed by atoms with E-state index in [0.29, 0.717) is 19.1 Å². The minimum Gasteiger partial charge on any atom is -0.441 e. The molecule has 1 saturated heterocycles. The number of hydrogen-bond donors (Lipinski definition) is 0. The van der Waals surface area contributed by atoms with Gasteiger partial charge in [0, 0.05) is 19.3 Å². The van der Waals surface area contributed by atoms with Gasteiger partial charge in [0.05, 0.1) is 17.9 Å². The molecule has 1 aliphatic heterocycles. The van der Waals surface area contributed by atoms with Crippen LogP contribution < -0.4 is 0 Å². The van der Waals surface area contributed by atoms with Crippen molar-refractivity contribution in [1.29, 1.82) is 0 Å². The molecular formula is C14H18N4O2. The Hall–Kier alpha value is -2.11. The van der Waals surface area contributed by atoms with E-state index in [-0.39, 0.29) is 11.8 Å². The number of nitrogens with zero attached hydrogens (tertiary/aromatic N) is 4. The van der Waals surface area contributed by atoms with Crippen LogP contribution in [0.4, 0.5) is 0 Å². The molecule has 3 heterocycles. The molecule has 0 aliphatic carbocycles. The first kappa shape index (κ1) is 12.9. The fourth-order valence-electron chi connectivity index (χ4n) is 2.55. The largest absolute Gasteiger partial charge is 0.441 e. The molecule has 0 unspecified atom stereocenters. The third kappa shape index (κ3) is 2.45. The van der Waals surface area contributed by atoms with Gasteiger partial charge in [-0.15, -0.1) is 0 Å². The number of aryl methyl sites for hydroxylation is 2. The molecular weight excluding hydrogens is 256 g/mol. The molecule has 6 nitrogen and oxygen atoms in total. The van der Waals surface area contributed by atoms with Crippen LogP contribution in [0.5, 0.6) is 0 Å². The molecule has 0 radical (unpaired) electrons. The SMILES string of the molecule is Cc1cnn(C2CCN(C(=O)c3nc(C)co3)CC2)c1. The Morgan fingerprint density at radius 1 is 1.35 bits per heavy atom. The lowest BCUT2D eigenvalue weighted by Gasteiger charge is -2.31. The zero-order valence-corrected chi connectivity index (χ0v) is 11.7. The molecule has 1 aliphatic rings. The Morgan fingerprint density at radius 3 is 2.65 bits per heavy atom.